The van der Waals surface area contributed by atoms with E-state index >= 15 is 0 Å². The minimum absolute atomic E-state index is 0.236. The van der Waals surface area contributed by atoms with Crippen LogP contribution in [0.1, 0.15) is 25.7 Å². The molecule has 116 valence electrons. The summed E-state index contributed by atoms with van der Waals surface area (Å²) in [4.78, 5) is 2.46. The van der Waals surface area contributed by atoms with Crippen LogP contribution < -0.4 is 0 Å². The van der Waals surface area contributed by atoms with Crippen molar-refractivity contribution in [3.05, 3.63) is 58.7 Å². The zero-order valence-electron chi connectivity index (χ0n) is 13.6. The maximum atomic E-state index is 5.57. The molecule has 0 bridgehead atoms. The maximum absolute atomic E-state index is 5.57. The first-order valence-electron chi connectivity index (χ1n) is 8.40. The van der Waals surface area contributed by atoms with Crippen LogP contribution in [0.4, 0.5) is 0 Å². The molecule has 1 spiro atoms. The van der Waals surface area contributed by atoms with Crippen molar-refractivity contribution in [3.8, 4) is 0 Å². The number of likely N-dealkylation sites (N-methyl/N-ethyl adjacent to an activating group) is 1. The summed E-state index contributed by atoms with van der Waals surface area (Å²) in [6, 6.07) is 0. The number of methoxy groups -OCH3 is 1. The van der Waals surface area contributed by atoms with E-state index in [9.17, 15) is 0 Å². The fourth-order valence-electron chi connectivity index (χ4n) is 4.47. The van der Waals surface area contributed by atoms with E-state index in [0.717, 1.165) is 19.4 Å². The SMILES string of the molecule is COC1C=CC2=C(C=C3CN(C)CCC34CC=CC=C4C2)C1. The molecular weight excluding hydrogens is 270 g/mol. The van der Waals surface area contributed by atoms with E-state index in [0.29, 0.717) is 0 Å². The minimum atomic E-state index is 0.236. The molecule has 1 fully saturated rings. The van der Waals surface area contributed by atoms with Gasteiger partial charge in [-0.1, -0.05) is 42.0 Å². The third-order valence-corrected chi connectivity index (χ3v) is 5.87. The maximum Gasteiger partial charge on any atom is 0.0795 e. The lowest BCUT2D eigenvalue weighted by Crippen LogP contribution is -2.41. The fraction of sp³-hybridized carbons (Fsp3) is 0.500. The second kappa shape index (κ2) is 5.36. The van der Waals surface area contributed by atoms with Crippen molar-refractivity contribution in [2.24, 2.45) is 5.41 Å². The van der Waals surface area contributed by atoms with Gasteiger partial charge in [-0.3, -0.25) is 0 Å². The minimum Gasteiger partial charge on any atom is -0.377 e. The largest absolute Gasteiger partial charge is 0.377 e. The third kappa shape index (κ3) is 2.17. The molecule has 1 aliphatic heterocycles. The lowest BCUT2D eigenvalue weighted by atomic mass is 9.64. The Bertz CT molecular complexity index is 634. The molecule has 3 aliphatic carbocycles. The van der Waals surface area contributed by atoms with Crippen molar-refractivity contribution >= 4 is 0 Å². The molecule has 0 saturated carbocycles. The number of nitrogens with zero attached hydrogens (tertiary/aromatic N) is 1. The number of hydrogen-bond donors (Lipinski definition) is 0. The van der Waals surface area contributed by atoms with Gasteiger partial charge in [0.2, 0.25) is 0 Å². The quantitative estimate of drug-likeness (QED) is 0.729. The lowest BCUT2D eigenvalue weighted by Gasteiger charge is -2.45. The summed E-state index contributed by atoms with van der Waals surface area (Å²) < 4.78 is 5.57. The Labute approximate surface area is 133 Å². The predicted octanol–water partition coefficient (Wildman–Crippen LogP) is 3.80. The summed E-state index contributed by atoms with van der Waals surface area (Å²) in [5.74, 6) is 0. The standard InChI is InChI=1S/C20H25NO/c1-21-10-9-20-8-4-3-5-17(20)11-15-6-7-19(22-2)13-16(15)12-18(20)14-21/h3-7,12,19H,8-11,13-14H2,1-2H3. The summed E-state index contributed by atoms with van der Waals surface area (Å²) in [6.45, 7) is 2.30. The van der Waals surface area contributed by atoms with Crippen LogP contribution in [0, 0.1) is 5.41 Å². The van der Waals surface area contributed by atoms with Crippen LogP contribution >= 0.6 is 0 Å². The summed E-state index contributed by atoms with van der Waals surface area (Å²) in [6.07, 6.45) is 18.8. The second-order valence-corrected chi connectivity index (χ2v) is 7.13. The van der Waals surface area contributed by atoms with Gasteiger partial charge in [-0.15, -0.1) is 0 Å². The van der Waals surface area contributed by atoms with Gasteiger partial charge in [0.05, 0.1) is 6.10 Å². The van der Waals surface area contributed by atoms with Gasteiger partial charge in [-0.05, 0) is 49.6 Å². The van der Waals surface area contributed by atoms with Gasteiger partial charge in [0.15, 0.2) is 0 Å². The average molecular weight is 295 g/mol. The molecule has 0 radical (unpaired) electrons. The van der Waals surface area contributed by atoms with E-state index < -0.39 is 0 Å². The zero-order chi connectivity index (χ0) is 15.2. The highest BCUT2D eigenvalue weighted by atomic mass is 16.5. The number of rotatable bonds is 1. The van der Waals surface area contributed by atoms with Crippen LogP contribution in [0.5, 0.6) is 0 Å². The van der Waals surface area contributed by atoms with Gasteiger partial charge in [-0.2, -0.15) is 0 Å². The summed E-state index contributed by atoms with van der Waals surface area (Å²) in [7, 11) is 4.06. The summed E-state index contributed by atoms with van der Waals surface area (Å²) in [5, 5.41) is 0. The van der Waals surface area contributed by atoms with Crippen LogP contribution in [0.2, 0.25) is 0 Å². The van der Waals surface area contributed by atoms with Crippen LogP contribution in [0.25, 0.3) is 0 Å². The van der Waals surface area contributed by atoms with Gasteiger partial charge in [-0.25, -0.2) is 0 Å². The first-order valence-corrected chi connectivity index (χ1v) is 8.40. The predicted molar refractivity (Wildman–Crippen MR) is 90.7 cm³/mol. The van der Waals surface area contributed by atoms with Crippen molar-refractivity contribution in [3.63, 3.8) is 0 Å². The molecule has 4 rings (SSSR count). The van der Waals surface area contributed by atoms with Crippen molar-refractivity contribution in [1.29, 1.82) is 0 Å². The summed E-state index contributed by atoms with van der Waals surface area (Å²) in [5.41, 5.74) is 6.52. The molecule has 0 amide bonds. The Balaban J connectivity index is 1.80. The Kier molecular flexibility index (Phi) is 3.47. The Morgan fingerprint density at radius 1 is 1.27 bits per heavy atom. The molecule has 0 aromatic carbocycles. The van der Waals surface area contributed by atoms with Gasteiger partial charge in [0.1, 0.15) is 0 Å². The van der Waals surface area contributed by atoms with Gasteiger partial charge < -0.3 is 9.64 Å². The van der Waals surface area contributed by atoms with Crippen molar-refractivity contribution < 1.29 is 4.74 Å². The Morgan fingerprint density at radius 2 is 2.18 bits per heavy atom. The fourth-order valence-corrected chi connectivity index (χ4v) is 4.47. The van der Waals surface area contributed by atoms with E-state index in [1.807, 2.05) is 7.11 Å². The van der Waals surface area contributed by atoms with Gasteiger partial charge in [0.25, 0.3) is 0 Å². The van der Waals surface area contributed by atoms with Crippen molar-refractivity contribution in [1.82, 2.24) is 4.90 Å². The van der Waals surface area contributed by atoms with Crippen LogP contribution in [-0.2, 0) is 4.74 Å². The third-order valence-electron chi connectivity index (χ3n) is 5.87. The van der Waals surface area contributed by atoms with Crippen LogP contribution in [-0.4, -0.2) is 38.3 Å². The summed E-state index contributed by atoms with van der Waals surface area (Å²) >= 11 is 0. The number of allylic oxidation sites excluding steroid dienone is 7. The Morgan fingerprint density at radius 3 is 3.05 bits per heavy atom. The molecule has 2 nitrogen and oxygen atoms in total. The molecule has 2 atom stereocenters. The molecular formula is C20H25NO. The average Bonchev–Trinajstić information content (AvgIpc) is 2.68. The van der Waals surface area contributed by atoms with E-state index in [-0.39, 0.29) is 11.5 Å². The van der Waals surface area contributed by atoms with E-state index in [4.69, 9.17) is 4.74 Å². The van der Waals surface area contributed by atoms with Crippen molar-refractivity contribution in [2.75, 3.05) is 27.2 Å². The lowest BCUT2D eigenvalue weighted by molar-refractivity contribution is 0.140. The first-order chi connectivity index (χ1) is 10.7. The molecule has 1 heterocycles. The van der Waals surface area contributed by atoms with Gasteiger partial charge >= 0.3 is 0 Å². The second-order valence-electron chi connectivity index (χ2n) is 7.13. The zero-order valence-corrected chi connectivity index (χ0v) is 13.6. The molecule has 2 unspecified atom stereocenters. The van der Waals surface area contributed by atoms with Crippen LogP contribution in [0.3, 0.4) is 0 Å². The first kappa shape index (κ1) is 14.2. The van der Waals surface area contributed by atoms with E-state index in [2.05, 4.69) is 48.4 Å². The molecule has 2 heteroatoms. The van der Waals surface area contributed by atoms with Crippen molar-refractivity contribution in [2.45, 2.75) is 31.8 Å². The highest BCUT2D eigenvalue weighted by molar-refractivity contribution is 5.51. The molecule has 0 N–H and O–H groups in total. The van der Waals surface area contributed by atoms with E-state index in [1.54, 1.807) is 11.1 Å². The number of ether oxygens (including phenoxy) is 1. The topological polar surface area (TPSA) is 12.5 Å². The molecule has 0 aromatic heterocycles. The highest BCUT2D eigenvalue weighted by Gasteiger charge is 2.42. The molecule has 22 heavy (non-hydrogen) atoms. The highest BCUT2D eigenvalue weighted by Crippen LogP contribution is 2.52. The molecule has 0 aromatic rings. The van der Waals surface area contributed by atoms with Crippen LogP contribution in [0.15, 0.2) is 58.7 Å². The molecule has 4 aliphatic rings. The Hall–Kier alpha value is -1.38. The van der Waals surface area contributed by atoms with E-state index in [1.165, 1.54) is 30.5 Å². The number of likely N-dealkylation sites (tertiary alicyclic amines) is 1. The normalized spacial score (nSPS) is 34.4. The van der Waals surface area contributed by atoms with Gasteiger partial charge in [0, 0.05) is 25.5 Å². The number of piperidine rings is 1. The monoisotopic (exact) mass is 295 g/mol. The number of hydrogen-bond acceptors (Lipinski definition) is 2. The smallest absolute Gasteiger partial charge is 0.0795 e. The molecule has 1 saturated heterocycles.